The zero-order valence-electron chi connectivity index (χ0n) is 14.7. The van der Waals surface area contributed by atoms with Crippen LogP contribution in [0.15, 0.2) is 48.5 Å². The quantitative estimate of drug-likeness (QED) is 0.673. The summed E-state index contributed by atoms with van der Waals surface area (Å²) in [5.74, 6) is -3.55. The zero-order chi connectivity index (χ0) is 20.3. The Labute approximate surface area is 159 Å². The minimum absolute atomic E-state index is 0.0375. The fraction of sp³-hybridized carbons (Fsp3) is 0.250. The lowest BCUT2D eigenvalue weighted by atomic mass is 9.98. The monoisotopic (exact) mass is 387 g/mol. The number of benzene rings is 2. The van der Waals surface area contributed by atoms with Crippen molar-refractivity contribution in [3.05, 3.63) is 59.7 Å². The number of halogens is 1. The number of carbonyl (C=O) groups excluding carboxylic acids is 1. The van der Waals surface area contributed by atoms with E-state index in [1.807, 2.05) is 53.8 Å². The first-order valence-electron chi connectivity index (χ1n) is 8.59. The molecule has 0 saturated heterocycles. The number of hydrogen-bond donors (Lipinski definition) is 3. The van der Waals surface area contributed by atoms with E-state index in [-0.39, 0.29) is 12.5 Å². The summed E-state index contributed by atoms with van der Waals surface area (Å²) in [6.07, 6.45) is -4.35. The van der Waals surface area contributed by atoms with Crippen molar-refractivity contribution < 1.29 is 33.7 Å². The van der Waals surface area contributed by atoms with Crippen molar-refractivity contribution in [2.75, 3.05) is 6.61 Å². The summed E-state index contributed by atoms with van der Waals surface area (Å²) in [5.41, 5.74) is 4.05. The number of aliphatic carboxylic acids is 2. The van der Waals surface area contributed by atoms with Crippen LogP contribution in [-0.2, 0) is 14.3 Å². The maximum atomic E-state index is 13.3. The van der Waals surface area contributed by atoms with Gasteiger partial charge in [0.15, 0.2) is 6.17 Å². The van der Waals surface area contributed by atoms with E-state index < -0.39 is 36.7 Å². The maximum Gasteiger partial charge on any atom is 0.407 e. The van der Waals surface area contributed by atoms with E-state index in [1.54, 1.807) is 0 Å². The van der Waals surface area contributed by atoms with Crippen LogP contribution in [0.1, 0.15) is 23.5 Å². The van der Waals surface area contributed by atoms with Crippen LogP contribution in [0.4, 0.5) is 9.18 Å². The molecule has 3 rings (SSSR count). The summed E-state index contributed by atoms with van der Waals surface area (Å²) >= 11 is 0. The third-order valence-corrected chi connectivity index (χ3v) is 4.64. The number of alkyl halides is 1. The van der Waals surface area contributed by atoms with E-state index in [0.29, 0.717) is 0 Å². The van der Waals surface area contributed by atoms with Crippen LogP contribution in [0.2, 0.25) is 0 Å². The highest BCUT2D eigenvalue weighted by Gasteiger charge is 2.31. The van der Waals surface area contributed by atoms with Gasteiger partial charge in [-0.15, -0.1) is 0 Å². The molecule has 0 bridgehead atoms. The molecule has 0 aliphatic heterocycles. The molecule has 1 aliphatic carbocycles. The van der Waals surface area contributed by atoms with Crippen LogP contribution in [0.5, 0.6) is 0 Å². The third-order valence-electron chi connectivity index (χ3n) is 4.64. The number of carbonyl (C=O) groups is 3. The lowest BCUT2D eigenvalue weighted by Crippen LogP contribution is -2.44. The van der Waals surface area contributed by atoms with Crippen molar-refractivity contribution in [2.24, 2.45) is 0 Å². The van der Waals surface area contributed by atoms with Crippen LogP contribution in [0.25, 0.3) is 11.1 Å². The predicted molar refractivity (Wildman–Crippen MR) is 96.8 cm³/mol. The van der Waals surface area contributed by atoms with Gasteiger partial charge in [0, 0.05) is 12.3 Å². The maximum absolute atomic E-state index is 13.3. The molecule has 0 fully saturated rings. The van der Waals surface area contributed by atoms with Crippen molar-refractivity contribution in [3.63, 3.8) is 0 Å². The number of carboxylic acid groups (broad SMARTS) is 2. The van der Waals surface area contributed by atoms with E-state index in [2.05, 4.69) is 0 Å². The molecule has 8 heteroatoms. The first-order valence-corrected chi connectivity index (χ1v) is 8.59. The highest BCUT2D eigenvalue weighted by Crippen LogP contribution is 2.44. The number of alkyl carbamates (subject to hydrolysis) is 1. The van der Waals surface area contributed by atoms with Crippen LogP contribution in [0.3, 0.4) is 0 Å². The minimum Gasteiger partial charge on any atom is -0.480 e. The summed E-state index contributed by atoms with van der Waals surface area (Å²) in [4.78, 5) is 33.7. The Hall–Kier alpha value is -3.42. The van der Waals surface area contributed by atoms with Gasteiger partial charge in [0.1, 0.15) is 12.6 Å². The first kappa shape index (κ1) is 19.3. The van der Waals surface area contributed by atoms with Gasteiger partial charge >= 0.3 is 18.0 Å². The zero-order valence-corrected chi connectivity index (χ0v) is 14.7. The van der Waals surface area contributed by atoms with E-state index in [4.69, 9.17) is 14.9 Å². The Morgan fingerprint density at radius 1 is 0.964 bits per heavy atom. The number of nitrogens with one attached hydrogen (secondary N) is 1. The molecule has 0 saturated carbocycles. The minimum atomic E-state index is -2.41. The molecule has 7 nitrogen and oxygen atoms in total. The summed E-state index contributed by atoms with van der Waals surface area (Å²) in [5, 5.41) is 19.6. The highest BCUT2D eigenvalue weighted by molar-refractivity contribution is 5.82. The van der Waals surface area contributed by atoms with Gasteiger partial charge in [-0.1, -0.05) is 48.5 Å². The average Bonchev–Trinajstić information content (AvgIpc) is 2.99. The van der Waals surface area contributed by atoms with Gasteiger partial charge in [-0.2, -0.15) is 0 Å². The van der Waals surface area contributed by atoms with Crippen molar-refractivity contribution in [2.45, 2.75) is 24.6 Å². The number of rotatable bonds is 7. The molecule has 0 heterocycles. The Balaban J connectivity index is 1.67. The largest absolute Gasteiger partial charge is 0.480 e. The van der Waals surface area contributed by atoms with Gasteiger partial charge in [-0.25, -0.2) is 18.8 Å². The molecule has 2 aromatic carbocycles. The molecule has 1 amide bonds. The Morgan fingerprint density at radius 3 is 2.00 bits per heavy atom. The smallest absolute Gasteiger partial charge is 0.407 e. The SMILES string of the molecule is O=C(N[C@@H](C[C@@H](F)C(=O)O)C(=O)O)OCC1c2ccccc2-c2ccccc21. The second-order valence-corrected chi connectivity index (χ2v) is 6.40. The predicted octanol–water partition coefficient (Wildman–Crippen LogP) is 2.79. The van der Waals surface area contributed by atoms with Crippen LogP contribution in [-0.4, -0.2) is 47.1 Å². The standard InChI is InChI=1S/C20H18FNO6/c21-16(18(23)24)9-17(19(25)26)22-20(27)28-10-15-13-7-3-1-5-11(13)12-6-2-4-8-14(12)15/h1-8,15-17H,9-10H2,(H,22,27)(H,23,24)(H,25,26)/t16-,17+/m1/s1. The molecule has 2 atom stereocenters. The molecule has 0 aromatic heterocycles. The molecule has 2 aromatic rings. The van der Waals surface area contributed by atoms with Crippen molar-refractivity contribution in [3.8, 4) is 11.1 Å². The molecule has 1 aliphatic rings. The number of ether oxygens (including phenoxy) is 1. The van der Waals surface area contributed by atoms with Gasteiger partial charge in [0.25, 0.3) is 0 Å². The number of fused-ring (bicyclic) bond motifs is 3. The molecule has 146 valence electrons. The van der Waals surface area contributed by atoms with Gasteiger partial charge in [0.2, 0.25) is 0 Å². The molecule has 0 spiro atoms. The summed E-state index contributed by atoms with van der Waals surface area (Å²) in [6.45, 7) is -0.0375. The molecule has 28 heavy (non-hydrogen) atoms. The van der Waals surface area contributed by atoms with Crippen molar-refractivity contribution in [1.29, 1.82) is 0 Å². The normalized spacial score (nSPS) is 14.5. The average molecular weight is 387 g/mol. The van der Waals surface area contributed by atoms with Crippen LogP contribution >= 0.6 is 0 Å². The lowest BCUT2D eigenvalue weighted by Gasteiger charge is -2.17. The second-order valence-electron chi connectivity index (χ2n) is 6.40. The highest BCUT2D eigenvalue weighted by atomic mass is 19.1. The Kier molecular flexibility index (Phi) is 5.58. The van der Waals surface area contributed by atoms with Crippen molar-refractivity contribution in [1.82, 2.24) is 5.32 Å². The Bertz CT molecular complexity index is 870. The van der Waals surface area contributed by atoms with Gasteiger partial charge in [-0.3, -0.25) is 0 Å². The summed E-state index contributed by atoms with van der Waals surface area (Å²) < 4.78 is 18.5. The van der Waals surface area contributed by atoms with E-state index in [9.17, 15) is 18.8 Å². The van der Waals surface area contributed by atoms with Crippen molar-refractivity contribution >= 4 is 18.0 Å². The molecule has 0 radical (unpaired) electrons. The second kappa shape index (κ2) is 8.08. The van der Waals surface area contributed by atoms with Gasteiger partial charge in [0.05, 0.1) is 0 Å². The number of amides is 1. The molecule has 0 unspecified atom stereocenters. The van der Waals surface area contributed by atoms with E-state index in [0.717, 1.165) is 22.3 Å². The molecule has 3 N–H and O–H groups in total. The third kappa shape index (κ3) is 3.95. The van der Waals surface area contributed by atoms with Gasteiger partial charge in [-0.05, 0) is 22.3 Å². The number of hydrogen-bond acceptors (Lipinski definition) is 4. The van der Waals surface area contributed by atoms with E-state index in [1.165, 1.54) is 0 Å². The summed E-state index contributed by atoms with van der Waals surface area (Å²) in [6, 6.07) is 13.7. The van der Waals surface area contributed by atoms with E-state index >= 15 is 0 Å². The molecular formula is C20H18FNO6. The summed E-state index contributed by atoms with van der Waals surface area (Å²) in [7, 11) is 0. The van der Waals surface area contributed by atoms with Crippen LogP contribution < -0.4 is 5.32 Å². The van der Waals surface area contributed by atoms with Gasteiger partial charge < -0.3 is 20.3 Å². The fourth-order valence-corrected chi connectivity index (χ4v) is 3.31. The topological polar surface area (TPSA) is 113 Å². The fourth-order valence-electron chi connectivity index (χ4n) is 3.31. The number of carboxylic acids is 2. The molecular weight excluding hydrogens is 369 g/mol. The van der Waals surface area contributed by atoms with Crippen LogP contribution in [0, 0.1) is 0 Å². The Morgan fingerprint density at radius 2 is 1.50 bits per heavy atom. The lowest BCUT2D eigenvalue weighted by molar-refractivity contribution is -0.145. The first-order chi connectivity index (χ1) is 13.4.